The molecule has 3 heterocycles. The Kier molecular flexibility index (Phi) is 4.59. The molecule has 1 amide bonds. The van der Waals surface area contributed by atoms with Gasteiger partial charge in [-0.3, -0.25) is 4.79 Å². The highest BCUT2D eigenvalue weighted by Crippen LogP contribution is 2.26. The van der Waals surface area contributed by atoms with Crippen molar-refractivity contribution >= 4 is 24.8 Å². The summed E-state index contributed by atoms with van der Waals surface area (Å²) in [6, 6.07) is 4.03. The molecule has 2 aliphatic heterocycles. The Labute approximate surface area is 137 Å². The van der Waals surface area contributed by atoms with Crippen LogP contribution in [0.1, 0.15) is 27.2 Å². The summed E-state index contributed by atoms with van der Waals surface area (Å²) in [4.78, 5) is 19.5. The highest BCUT2D eigenvalue weighted by atomic mass is 16.7. The molecule has 124 valence electrons. The molecule has 0 spiro atoms. The van der Waals surface area contributed by atoms with Crippen LogP contribution in [0, 0.1) is 0 Å². The minimum absolute atomic E-state index is 0.0482. The summed E-state index contributed by atoms with van der Waals surface area (Å²) >= 11 is 0. The van der Waals surface area contributed by atoms with E-state index < -0.39 is 0 Å². The molecule has 2 fully saturated rings. The average Bonchev–Trinajstić information content (AvgIpc) is 2.72. The second-order valence-electron chi connectivity index (χ2n) is 6.76. The number of carbonyl (C=O) groups is 1. The second kappa shape index (κ2) is 6.49. The topological polar surface area (TPSA) is 54.9 Å². The van der Waals surface area contributed by atoms with Crippen molar-refractivity contribution in [3.63, 3.8) is 0 Å². The van der Waals surface area contributed by atoms with Crippen LogP contribution in [-0.4, -0.2) is 61.3 Å². The fourth-order valence-corrected chi connectivity index (χ4v) is 2.89. The van der Waals surface area contributed by atoms with Crippen LogP contribution in [0.4, 0.5) is 5.82 Å². The second-order valence-corrected chi connectivity index (χ2v) is 6.76. The van der Waals surface area contributed by atoms with Gasteiger partial charge < -0.3 is 19.1 Å². The van der Waals surface area contributed by atoms with E-state index in [1.807, 2.05) is 44.0 Å². The molecule has 0 radical (unpaired) electrons. The maximum atomic E-state index is 10.9. The summed E-state index contributed by atoms with van der Waals surface area (Å²) in [6.45, 7) is 9.38. The fourth-order valence-electron chi connectivity index (χ4n) is 2.89. The van der Waals surface area contributed by atoms with Crippen LogP contribution >= 0.6 is 0 Å². The van der Waals surface area contributed by atoms with E-state index >= 15 is 0 Å². The summed E-state index contributed by atoms with van der Waals surface area (Å²) in [7, 11) is -0.351. The number of rotatable bonds is 3. The van der Waals surface area contributed by atoms with E-state index in [0.717, 1.165) is 50.3 Å². The van der Waals surface area contributed by atoms with Crippen LogP contribution in [0.3, 0.4) is 0 Å². The van der Waals surface area contributed by atoms with Gasteiger partial charge in [-0.25, -0.2) is 4.98 Å². The summed E-state index contributed by atoms with van der Waals surface area (Å²) in [5.41, 5.74) is 0.655. The third kappa shape index (κ3) is 3.51. The predicted molar refractivity (Wildman–Crippen MR) is 89.8 cm³/mol. The van der Waals surface area contributed by atoms with Gasteiger partial charge in [0.15, 0.2) is 0 Å². The van der Waals surface area contributed by atoms with Gasteiger partial charge in [-0.15, -0.1) is 0 Å². The first-order chi connectivity index (χ1) is 11.0. The number of nitrogens with zero attached hydrogens (tertiary/aromatic N) is 3. The molecular formula is C16H24BN3O3. The number of aromatic nitrogens is 1. The maximum Gasteiger partial charge on any atom is 0.496 e. The molecule has 1 atom stereocenters. The Morgan fingerprint density at radius 2 is 2.13 bits per heavy atom. The van der Waals surface area contributed by atoms with Crippen molar-refractivity contribution in [1.82, 2.24) is 9.88 Å². The van der Waals surface area contributed by atoms with Crippen LogP contribution in [0.5, 0.6) is 0 Å². The minimum atomic E-state index is -0.351. The molecule has 0 aromatic carbocycles. The number of anilines is 1. The molecule has 2 aliphatic rings. The van der Waals surface area contributed by atoms with Gasteiger partial charge in [-0.05, 0) is 33.3 Å². The monoisotopic (exact) mass is 317 g/mol. The van der Waals surface area contributed by atoms with Crippen molar-refractivity contribution < 1.29 is 14.1 Å². The lowest BCUT2D eigenvalue weighted by molar-refractivity contribution is -0.117. The molecule has 1 aromatic rings. The van der Waals surface area contributed by atoms with E-state index in [1.54, 1.807) is 0 Å². The van der Waals surface area contributed by atoms with E-state index in [0.29, 0.717) is 0 Å². The van der Waals surface area contributed by atoms with Gasteiger partial charge in [0.25, 0.3) is 0 Å². The van der Waals surface area contributed by atoms with Gasteiger partial charge in [-0.2, -0.15) is 0 Å². The standard InChI is InChI=1S/C16H24BN3O3/c1-13-16(2,3)23-17(22-13)14-5-6-15(18-11-14)20-8-4-7-19(12-21)9-10-20/h5-6,11-13H,4,7-10H2,1-3H3. The zero-order valence-electron chi connectivity index (χ0n) is 14.1. The highest BCUT2D eigenvalue weighted by molar-refractivity contribution is 6.61. The Morgan fingerprint density at radius 3 is 2.74 bits per heavy atom. The molecule has 1 unspecified atom stereocenters. The molecule has 2 saturated heterocycles. The molecule has 23 heavy (non-hydrogen) atoms. The van der Waals surface area contributed by atoms with E-state index in [4.69, 9.17) is 9.31 Å². The van der Waals surface area contributed by atoms with Crippen molar-refractivity contribution in [2.75, 3.05) is 31.1 Å². The van der Waals surface area contributed by atoms with E-state index in [9.17, 15) is 4.79 Å². The van der Waals surface area contributed by atoms with Gasteiger partial charge >= 0.3 is 7.12 Å². The van der Waals surface area contributed by atoms with E-state index in [2.05, 4.69) is 9.88 Å². The summed E-state index contributed by atoms with van der Waals surface area (Å²) < 4.78 is 11.8. The minimum Gasteiger partial charge on any atom is -0.402 e. The fraction of sp³-hybridized carbons (Fsp3) is 0.625. The van der Waals surface area contributed by atoms with Crippen LogP contribution in [0.2, 0.25) is 0 Å². The number of hydrogen-bond donors (Lipinski definition) is 0. The molecule has 0 saturated carbocycles. The lowest BCUT2D eigenvalue weighted by atomic mass is 9.80. The zero-order valence-corrected chi connectivity index (χ0v) is 14.1. The molecule has 0 aliphatic carbocycles. The molecule has 7 heteroatoms. The van der Waals surface area contributed by atoms with Crippen molar-refractivity contribution in [2.45, 2.75) is 38.9 Å². The molecule has 0 N–H and O–H groups in total. The third-order valence-corrected chi connectivity index (χ3v) is 4.76. The van der Waals surface area contributed by atoms with E-state index in [-0.39, 0.29) is 18.8 Å². The highest BCUT2D eigenvalue weighted by Gasteiger charge is 2.43. The number of hydrogen-bond acceptors (Lipinski definition) is 5. The van der Waals surface area contributed by atoms with Gasteiger partial charge in [-0.1, -0.05) is 6.07 Å². The third-order valence-electron chi connectivity index (χ3n) is 4.76. The number of amides is 1. The largest absolute Gasteiger partial charge is 0.496 e. The van der Waals surface area contributed by atoms with Gasteiger partial charge in [0, 0.05) is 37.8 Å². The number of carbonyl (C=O) groups excluding carboxylic acids is 1. The first-order valence-electron chi connectivity index (χ1n) is 8.23. The molecule has 0 bridgehead atoms. The van der Waals surface area contributed by atoms with E-state index in [1.165, 1.54) is 0 Å². The smallest absolute Gasteiger partial charge is 0.402 e. The van der Waals surface area contributed by atoms with Crippen LogP contribution in [0.25, 0.3) is 0 Å². The van der Waals surface area contributed by atoms with Crippen LogP contribution in [-0.2, 0) is 14.1 Å². The normalized spacial score (nSPS) is 24.7. The van der Waals surface area contributed by atoms with Gasteiger partial charge in [0.1, 0.15) is 5.82 Å². The summed E-state index contributed by atoms with van der Waals surface area (Å²) in [6.07, 6.45) is 3.77. The molecular weight excluding hydrogens is 293 g/mol. The van der Waals surface area contributed by atoms with Crippen LogP contribution in [0.15, 0.2) is 18.3 Å². The van der Waals surface area contributed by atoms with Crippen molar-refractivity contribution in [3.8, 4) is 0 Å². The van der Waals surface area contributed by atoms with Gasteiger partial charge in [0.2, 0.25) is 6.41 Å². The summed E-state index contributed by atoms with van der Waals surface area (Å²) in [5, 5.41) is 0. The number of pyridine rings is 1. The lowest BCUT2D eigenvalue weighted by Gasteiger charge is -2.22. The van der Waals surface area contributed by atoms with Crippen molar-refractivity contribution in [1.29, 1.82) is 0 Å². The quantitative estimate of drug-likeness (QED) is 0.605. The first-order valence-corrected chi connectivity index (χ1v) is 8.23. The molecule has 3 rings (SSSR count). The average molecular weight is 317 g/mol. The SMILES string of the molecule is CC1OB(c2ccc(N3CCCN(C=O)CC3)nc2)OC1(C)C. The Hall–Kier alpha value is -1.60. The Balaban J connectivity index is 1.67. The van der Waals surface area contributed by atoms with Crippen molar-refractivity contribution in [3.05, 3.63) is 18.3 Å². The first kappa shape index (κ1) is 16.3. The molecule has 6 nitrogen and oxygen atoms in total. The Bertz CT molecular complexity index is 552. The maximum absolute atomic E-state index is 10.9. The molecule has 1 aromatic heterocycles. The zero-order chi connectivity index (χ0) is 16.4. The summed E-state index contributed by atoms with van der Waals surface area (Å²) in [5.74, 6) is 0.937. The lowest BCUT2D eigenvalue weighted by Crippen LogP contribution is -2.35. The predicted octanol–water partition coefficient (Wildman–Crippen LogP) is 0.659. The van der Waals surface area contributed by atoms with Crippen molar-refractivity contribution in [2.24, 2.45) is 0 Å². The van der Waals surface area contributed by atoms with Gasteiger partial charge in [0.05, 0.1) is 11.7 Å². The van der Waals surface area contributed by atoms with Crippen LogP contribution < -0.4 is 10.4 Å². The Morgan fingerprint density at radius 1 is 1.30 bits per heavy atom.